The van der Waals surface area contributed by atoms with E-state index in [2.05, 4.69) is 40.4 Å². The summed E-state index contributed by atoms with van der Waals surface area (Å²) in [7, 11) is 3.38. The van der Waals surface area contributed by atoms with Gasteiger partial charge < -0.3 is 20.6 Å². The Morgan fingerprint density at radius 1 is 1.08 bits per heavy atom. The van der Waals surface area contributed by atoms with Gasteiger partial charge in [0.25, 0.3) is 0 Å². The first kappa shape index (κ1) is 34.8. The van der Waals surface area contributed by atoms with Crippen LogP contribution in [0.3, 0.4) is 0 Å². The summed E-state index contributed by atoms with van der Waals surface area (Å²) < 4.78 is 0.924. The molecule has 0 radical (unpaired) electrons. The highest BCUT2D eigenvalue weighted by molar-refractivity contribution is 9.10. The number of nitrogens with zero attached hydrogens (tertiary/aromatic N) is 1. The van der Waals surface area contributed by atoms with Gasteiger partial charge in [-0.3, -0.25) is 9.59 Å². The van der Waals surface area contributed by atoms with Crippen molar-refractivity contribution in [3.63, 3.8) is 0 Å². The standard InChI is InChI=1S/C26H40BrN3O4.C3H8/c1-10-19(14-16(2)24(33)34)30(9)23(32)21(25(3,4)5)29-22(31)20(28-8)26(6,7)17-12-11-13-18(27)15-17;1-3-2/h11-15,19-21,28H,10H2,1-9H3,(H,29,31)(H,33,34);3H2,1-2H3/b16-14+;/t19-,20-,21?;/m0./s1. The molecule has 3 atom stereocenters. The third-order valence-corrected chi connectivity index (χ3v) is 6.78. The topological polar surface area (TPSA) is 98.7 Å². The van der Waals surface area contributed by atoms with Gasteiger partial charge in [-0.05, 0) is 43.5 Å². The van der Waals surface area contributed by atoms with E-state index in [1.165, 1.54) is 18.2 Å². The molecular weight excluding hydrogens is 534 g/mol. The Bertz CT molecular complexity index is 937. The number of amides is 2. The minimum atomic E-state index is -1.02. The summed E-state index contributed by atoms with van der Waals surface area (Å²) >= 11 is 3.50. The van der Waals surface area contributed by atoms with Crippen LogP contribution >= 0.6 is 15.9 Å². The van der Waals surface area contributed by atoms with E-state index in [1.807, 2.05) is 65.8 Å². The second kappa shape index (κ2) is 15.3. The summed E-state index contributed by atoms with van der Waals surface area (Å²) in [5, 5.41) is 15.4. The average molecular weight is 583 g/mol. The van der Waals surface area contributed by atoms with Crippen LogP contribution in [0, 0.1) is 5.41 Å². The van der Waals surface area contributed by atoms with Crippen molar-refractivity contribution in [2.75, 3.05) is 14.1 Å². The Labute approximate surface area is 232 Å². The molecule has 0 saturated heterocycles. The maximum absolute atomic E-state index is 13.6. The third-order valence-electron chi connectivity index (χ3n) is 6.28. The molecule has 3 N–H and O–H groups in total. The monoisotopic (exact) mass is 581 g/mol. The van der Waals surface area contributed by atoms with Crippen molar-refractivity contribution < 1.29 is 19.5 Å². The average Bonchev–Trinajstić information content (AvgIpc) is 2.79. The molecule has 0 aliphatic carbocycles. The second-order valence-electron chi connectivity index (χ2n) is 11.0. The number of likely N-dealkylation sites (N-methyl/N-ethyl adjacent to an activating group) is 2. The highest BCUT2D eigenvalue weighted by Crippen LogP contribution is 2.30. The highest BCUT2D eigenvalue weighted by atomic mass is 79.9. The summed E-state index contributed by atoms with van der Waals surface area (Å²) in [5.74, 6) is -1.57. The maximum Gasteiger partial charge on any atom is 0.331 e. The molecule has 7 nitrogen and oxygen atoms in total. The van der Waals surface area contributed by atoms with Crippen LogP contribution in [0.15, 0.2) is 40.4 Å². The van der Waals surface area contributed by atoms with E-state index in [-0.39, 0.29) is 17.4 Å². The van der Waals surface area contributed by atoms with E-state index < -0.39 is 34.9 Å². The molecule has 0 saturated carbocycles. The highest BCUT2D eigenvalue weighted by Gasteiger charge is 2.41. The normalized spacial score (nSPS) is 14.5. The number of carboxylic acids is 1. The molecule has 37 heavy (non-hydrogen) atoms. The molecule has 0 aromatic heterocycles. The van der Waals surface area contributed by atoms with Crippen LogP contribution in [0.2, 0.25) is 0 Å². The molecule has 1 aromatic carbocycles. The molecule has 1 unspecified atom stereocenters. The van der Waals surface area contributed by atoms with Gasteiger partial charge >= 0.3 is 5.97 Å². The molecule has 1 rings (SSSR count). The summed E-state index contributed by atoms with van der Waals surface area (Å²) in [6, 6.07) is 6.03. The van der Waals surface area contributed by atoms with Gasteiger partial charge in [0.2, 0.25) is 11.8 Å². The molecule has 0 aliphatic heterocycles. The van der Waals surface area contributed by atoms with Crippen LogP contribution in [-0.2, 0) is 19.8 Å². The number of aliphatic carboxylic acids is 1. The van der Waals surface area contributed by atoms with Crippen LogP contribution in [0.1, 0.15) is 80.7 Å². The first-order valence-corrected chi connectivity index (χ1v) is 13.7. The van der Waals surface area contributed by atoms with Crippen molar-refractivity contribution in [3.8, 4) is 0 Å². The Morgan fingerprint density at radius 3 is 2.03 bits per heavy atom. The molecular formula is C29H48BrN3O4. The van der Waals surface area contributed by atoms with Gasteiger partial charge in [0.15, 0.2) is 0 Å². The Morgan fingerprint density at radius 2 is 1.62 bits per heavy atom. The predicted molar refractivity (Wildman–Crippen MR) is 156 cm³/mol. The van der Waals surface area contributed by atoms with E-state index in [1.54, 1.807) is 20.2 Å². The number of benzene rings is 1. The Balaban J connectivity index is 0.00000410. The van der Waals surface area contributed by atoms with Crippen molar-refractivity contribution in [2.45, 2.75) is 98.7 Å². The van der Waals surface area contributed by atoms with Crippen LogP contribution in [0.4, 0.5) is 0 Å². The van der Waals surface area contributed by atoms with E-state index in [0.717, 1.165) is 10.0 Å². The number of hydrogen-bond donors (Lipinski definition) is 3. The predicted octanol–water partition coefficient (Wildman–Crippen LogP) is 5.53. The van der Waals surface area contributed by atoms with Gasteiger partial charge in [0.05, 0.1) is 12.1 Å². The number of carbonyl (C=O) groups is 3. The molecule has 0 spiro atoms. The van der Waals surface area contributed by atoms with Crippen molar-refractivity contribution in [2.24, 2.45) is 5.41 Å². The summed E-state index contributed by atoms with van der Waals surface area (Å²) in [4.78, 5) is 39.9. The number of nitrogens with one attached hydrogen (secondary N) is 2. The lowest BCUT2D eigenvalue weighted by Gasteiger charge is -2.39. The zero-order valence-corrected chi connectivity index (χ0v) is 26.1. The summed E-state index contributed by atoms with van der Waals surface area (Å²) in [6.45, 7) is 17.3. The van der Waals surface area contributed by atoms with E-state index in [4.69, 9.17) is 0 Å². The first-order chi connectivity index (χ1) is 17.0. The first-order valence-electron chi connectivity index (χ1n) is 12.9. The number of rotatable bonds is 10. The van der Waals surface area contributed by atoms with Gasteiger partial charge in [-0.15, -0.1) is 0 Å². The van der Waals surface area contributed by atoms with Crippen LogP contribution in [0.5, 0.6) is 0 Å². The largest absolute Gasteiger partial charge is 0.478 e. The van der Waals surface area contributed by atoms with Crippen LogP contribution in [0.25, 0.3) is 0 Å². The molecule has 1 aromatic rings. The van der Waals surface area contributed by atoms with Gasteiger partial charge in [-0.1, -0.05) is 95.9 Å². The molecule has 0 fully saturated rings. The number of carboxylic acid groups (broad SMARTS) is 1. The SMILES string of the molecule is CCC.CC[C@@H](/C=C(\C)C(=O)O)N(C)C(=O)C(NC(=O)[C@H](NC)C(C)(C)c1cccc(Br)c1)C(C)(C)C. The molecule has 8 heteroatoms. The van der Waals surface area contributed by atoms with Crippen molar-refractivity contribution in [3.05, 3.63) is 46.0 Å². The molecule has 0 bridgehead atoms. The maximum atomic E-state index is 13.6. The van der Waals surface area contributed by atoms with Gasteiger partial charge in [0, 0.05) is 22.5 Å². The van der Waals surface area contributed by atoms with Gasteiger partial charge in [-0.2, -0.15) is 0 Å². The smallest absolute Gasteiger partial charge is 0.331 e. The molecule has 210 valence electrons. The van der Waals surface area contributed by atoms with Gasteiger partial charge in [0.1, 0.15) is 6.04 Å². The fraction of sp³-hybridized carbons (Fsp3) is 0.621. The summed E-state index contributed by atoms with van der Waals surface area (Å²) in [6.07, 6.45) is 3.38. The number of halogens is 1. The van der Waals surface area contributed by atoms with Crippen LogP contribution in [-0.4, -0.2) is 60.0 Å². The fourth-order valence-electron chi connectivity index (χ4n) is 3.98. The lowest BCUT2D eigenvalue weighted by molar-refractivity contribution is -0.140. The fourth-order valence-corrected chi connectivity index (χ4v) is 4.38. The lowest BCUT2D eigenvalue weighted by Crippen LogP contribution is -2.61. The molecule has 2 amide bonds. The number of hydrogen-bond acceptors (Lipinski definition) is 4. The third kappa shape index (κ3) is 10.2. The Kier molecular flexibility index (Phi) is 14.4. The minimum absolute atomic E-state index is 0.175. The van der Waals surface area contributed by atoms with E-state index >= 15 is 0 Å². The Hall–Kier alpha value is -2.19. The van der Waals surface area contributed by atoms with Crippen molar-refractivity contribution >= 4 is 33.7 Å². The number of carbonyl (C=O) groups excluding carboxylic acids is 2. The zero-order chi connectivity index (χ0) is 29.1. The zero-order valence-electron chi connectivity index (χ0n) is 24.5. The lowest BCUT2D eigenvalue weighted by atomic mass is 9.76. The summed E-state index contributed by atoms with van der Waals surface area (Å²) in [5.41, 5.74) is 0.0254. The molecule has 0 heterocycles. The minimum Gasteiger partial charge on any atom is -0.478 e. The molecule has 0 aliphatic rings. The van der Waals surface area contributed by atoms with Crippen LogP contribution < -0.4 is 10.6 Å². The van der Waals surface area contributed by atoms with E-state index in [0.29, 0.717) is 6.42 Å². The van der Waals surface area contributed by atoms with E-state index in [9.17, 15) is 19.5 Å². The second-order valence-corrected chi connectivity index (χ2v) is 12.0. The van der Waals surface area contributed by atoms with Crippen molar-refractivity contribution in [1.82, 2.24) is 15.5 Å². The quantitative estimate of drug-likeness (QED) is 0.315. The van der Waals surface area contributed by atoms with Gasteiger partial charge in [-0.25, -0.2) is 4.79 Å². The van der Waals surface area contributed by atoms with Crippen molar-refractivity contribution in [1.29, 1.82) is 0 Å².